The molecule has 4 unspecified atom stereocenters. The van der Waals surface area contributed by atoms with Crippen molar-refractivity contribution in [3.63, 3.8) is 0 Å². The second-order valence-corrected chi connectivity index (χ2v) is 7.44. The highest BCUT2D eigenvalue weighted by atomic mass is 35.5. The van der Waals surface area contributed by atoms with Crippen LogP contribution in [-0.2, 0) is 0 Å². The Morgan fingerprint density at radius 1 is 1.04 bits per heavy atom. The van der Waals surface area contributed by atoms with Crippen LogP contribution in [0.4, 0.5) is 5.82 Å². The highest BCUT2D eigenvalue weighted by Gasteiger charge is 2.50. The van der Waals surface area contributed by atoms with Crippen LogP contribution < -0.4 is 5.73 Å². The first-order valence-corrected chi connectivity index (χ1v) is 8.80. The number of halogens is 1. The van der Waals surface area contributed by atoms with E-state index < -0.39 is 0 Å². The van der Waals surface area contributed by atoms with E-state index in [9.17, 15) is 0 Å². The van der Waals surface area contributed by atoms with Crippen LogP contribution in [0.3, 0.4) is 0 Å². The smallest absolute Gasteiger partial charge is 0.183 e. The minimum Gasteiger partial charge on any atom is -0.382 e. The maximum absolute atomic E-state index is 6.13. The van der Waals surface area contributed by atoms with E-state index in [-0.39, 0.29) is 0 Å². The summed E-state index contributed by atoms with van der Waals surface area (Å²) < 4.78 is 0. The van der Waals surface area contributed by atoms with E-state index >= 15 is 0 Å². The SMILES string of the molecule is Nc1nc(C2C3CCC(C3)C2c2ccc(Cl)cc2)nc2nc[nH]c12. The summed E-state index contributed by atoms with van der Waals surface area (Å²) in [6.45, 7) is 0. The molecule has 122 valence electrons. The Labute approximate surface area is 144 Å². The van der Waals surface area contributed by atoms with Crippen LogP contribution in [0.1, 0.15) is 42.5 Å². The summed E-state index contributed by atoms with van der Waals surface area (Å²) in [6, 6.07) is 8.26. The number of rotatable bonds is 2. The average molecular weight is 340 g/mol. The van der Waals surface area contributed by atoms with E-state index in [0.717, 1.165) is 16.4 Å². The first-order chi connectivity index (χ1) is 11.7. The third-order valence-corrected chi connectivity index (χ3v) is 6.05. The maximum Gasteiger partial charge on any atom is 0.183 e. The lowest BCUT2D eigenvalue weighted by molar-refractivity contribution is 0.355. The van der Waals surface area contributed by atoms with Gasteiger partial charge in [-0.25, -0.2) is 15.0 Å². The number of nitrogens with one attached hydrogen (secondary N) is 1. The van der Waals surface area contributed by atoms with Gasteiger partial charge in [0.2, 0.25) is 0 Å². The number of nitrogens with two attached hydrogens (primary N) is 1. The molecule has 4 atom stereocenters. The fraction of sp³-hybridized carbons (Fsp3) is 0.389. The number of imidazole rings is 1. The van der Waals surface area contributed by atoms with Crippen LogP contribution in [-0.4, -0.2) is 19.9 Å². The predicted octanol–water partition coefficient (Wildman–Crippen LogP) is 3.89. The second-order valence-electron chi connectivity index (χ2n) is 7.00. The molecule has 2 bridgehead atoms. The van der Waals surface area contributed by atoms with Crippen molar-refractivity contribution >= 4 is 28.6 Å². The monoisotopic (exact) mass is 339 g/mol. The lowest BCUT2D eigenvalue weighted by Crippen LogP contribution is -2.21. The molecule has 0 saturated heterocycles. The molecule has 0 spiro atoms. The van der Waals surface area contributed by atoms with Gasteiger partial charge in [0.15, 0.2) is 11.5 Å². The zero-order valence-corrected chi connectivity index (χ0v) is 13.9. The summed E-state index contributed by atoms with van der Waals surface area (Å²) in [4.78, 5) is 16.7. The largest absolute Gasteiger partial charge is 0.382 e. The third-order valence-electron chi connectivity index (χ3n) is 5.80. The number of aromatic nitrogens is 4. The van der Waals surface area contributed by atoms with Gasteiger partial charge in [0, 0.05) is 10.9 Å². The Kier molecular flexibility index (Phi) is 3.07. The number of benzene rings is 1. The zero-order valence-electron chi connectivity index (χ0n) is 13.1. The Hall–Kier alpha value is -2.14. The molecule has 0 radical (unpaired) electrons. The van der Waals surface area contributed by atoms with E-state index in [1.165, 1.54) is 24.8 Å². The lowest BCUT2D eigenvalue weighted by Gasteiger charge is -2.30. The predicted molar refractivity (Wildman–Crippen MR) is 93.9 cm³/mol. The van der Waals surface area contributed by atoms with E-state index in [0.29, 0.717) is 35.1 Å². The minimum atomic E-state index is 0.313. The summed E-state index contributed by atoms with van der Waals surface area (Å²) in [5.41, 5.74) is 8.85. The van der Waals surface area contributed by atoms with E-state index in [4.69, 9.17) is 22.3 Å². The quantitative estimate of drug-likeness (QED) is 0.742. The van der Waals surface area contributed by atoms with Gasteiger partial charge in [-0.1, -0.05) is 23.7 Å². The molecule has 0 aliphatic heterocycles. The first kappa shape index (κ1) is 14.2. The topological polar surface area (TPSA) is 80.5 Å². The fourth-order valence-electron chi connectivity index (χ4n) is 4.85. The highest BCUT2D eigenvalue weighted by Crippen LogP contribution is 2.60. The van der Waals surface area contributed by atoms with Crippen LogP contribution in [0.15, 0.2) is 30.6 Å². The molecule has 6 heteroatoms. The van der Waals surface area contributed by atoms with Gasteiger partial charge in [-0.05, 0) is 54.7 Å². The van der Waals surface area contributed by atoms with Crippen molar-refractivity contribution in [3.8, 4) is 0 Å². The van der Waals surface area contributed by atoms with Gasteiger partial charge in [0.05, 0.1) is 6.33 Å². The van der Waals surface area contributed by atoms with E-state index in [2.05, 4.69) is 27.1 Å². The Morgan fingerprint density at radius 2 is 1.79 bits per heavy atom. The van der Waals surface area contributed by atoms with Gasteiger partial charge in [0.25, 0.3) is 0 Å². The number of aromatic amines is 1. The molecule has 0 amide bonds. The van der Waals surface area contributed by atoms with Crippen molar-refractivity contribution in [2.75, 3.05) is 5.73 Å². The fourth-order valence-corrected chi connectivity index (χ4v) is 4.98. The van der Waals surface area contributed by atoms with Crippen LogP contribution in [0.5, 0.6) is 0 Å². The van der Waals surface area contributed by atoms with Crippen molar-refractivity contribution in [2.45, 2.75) is 31.1 Å². The molecule has 2 aliphatic rings. The lowest BCUT2D eigenvalue weighted by atomic mass is 9.75. The standard InChI is InChI=1S/C18H18ClN5/c19-12-5-3-9(4-6-12)13-10-1-2-11(7-10)14(13)17-23-16(20)15-18(24-17)22-8-21-15/h3-6,8,10-11,13-14H,1-2,7H2,(H3,20,21,22,23,24). The number of anilines is 1. The summed E-state index contributed by atoms with van der Waals surface area (Å²) in [5, 5.41) is 0.775. The van der Waals surface area contributed by atoms with Crippen LogP contribution in [0, 0.1) is 11.8 Å². The number of nitrogen functional groups attached to an aromatic ring is 1. The number of nitrogens with zero attached hydrogens (tertiary/aromatic N) is 3. The van der Waals surface area contributed by atoms with Crippen LogP contribution in [0.25, 0.3) is 11.2 Å². The summed E-state index contributed by atoms with van der Waals surface area (Å²) in [6.07, 6.45) is 5.41. The highest BCUT2D eigenvalue weighted by molar-refractivity contribution is 6.30. The van der Waals surface area contributed by atoms with Crippen molar-refractivity contribution in [3.05, 3.63) is 47.0 Å². The van der Waals surface area contributed by atoms with Crippen molar-refractivity contribution < 1.29 is 0 Å². The number of H-pyrrole nitrogens is 1. The van der Waals surface area contributed by atoms with Gasteiger partial charge < -0.3 is 10.7 Å². The maximum atomic E-state index is 6.13. The van der Waals surface area contributed by atoms with Crippen molar-refractivity contribution in [1.29, 1.82) is 0 Å². The minimum absolute atomic E-state index is 0.313. The summed E-state index contributed by atoms with van der Waals surface area (Å²) in [7, 11) is 0. The molecular formula is C18H18ClN5. The molecule has 2 saturated carbocycles. The zero-order chi connectivity index (χ0) is 16.3. The third kappa shape index (κ3) is 2.04. The van der Waals surface area contributed by atoms with Gasteiger partial charge in [-0.15, -0.1) is 0 Å². The van der Waals surface area contributed by atoms with Gasteiger partial charge >= 0.3 is 0 Å². The molecule has 3 aromatic rings. The van der Waals surface area contributed by atoms with Crippen LogP contribution >= 0.6 is 11.6 Å². The van der Waals surface area contributed by atoms with Crippen LogP contribution in [0.2, 0.25) is 5.02 Å². The van der Waals surface area contributed by atoms with Crippen molar-refractivity contribution in [1.82, 2.24) is 19.9 Å². The molecule has 5 nitrogen and oxygen atoms in total. The molecule has 3 N–H and O–H groups in total. The van der Waals surface area contributed by atoms with Gasteiger partial charge in [-0.2, -0.15) is 0 Å². The van der Waals surface area contributed by atoms with Crippen molar-refractivity contribution in [2.24, 2.45) is 11.8 Å². The number of hydrogen-bond donors (Lipinski definition) is 2. The summed E-state index contributed by atoms with van der Waals surface area (Å²) >= 11 is 6.07. The van der Waals surface area contributed by atoms with Gasteiger partial charge in [-0.3, -0.25) is 0 Å². The first-order valence-electron chi connectivity index (χ1n) is 8.42. The van der Waals surface area contributed by atoms with E-state index in [1.807, 2.05) is 12.1 Å². The average Bonchev–Trinajstić information content (AvgIpc) is 3.30. The Bertz CT molecular complexity index is 903. The molecule has 1 aromatic carbocycles. The Morgan fingerprint density at radius 3 is 2.58 bits per heavy atom. The molecule has 5 rings (SSSR count). The molecule has 24 heavy (non-hydrogen) atoms. The van der Waals surface area contributed by atoms with Gasteiger partial charge in [0.1, 0.15) is 11.3 Å². The second kappa shape index (κ2) is 5.18. The molecular weight excluding hydrogens is 322 g/mol. The molecule has 2 aliphatic carbocycles. The van der Waals surface area contributed by atoms with E-state index in [1.54, 1.807) is 6.33 Å². The number of fused-ring (bicyclic) bond motifs is 3. The Balaban J connectivity index is 1.62. The number of hydrogen-bond acceptors (Lipinski definition) is 4. The molecule has 2 aromatic heterocycles. The molecule has 2 heterocycles. The molecule has 2 fully saturated rings. The summed E-state index contributed by atoms with van der Waals surface area (Å²) in [5.74, 6) is 3.42. The normalized spacial score (nSPS) is 28.7.